The number of fused-ring (bicyclic) bond motifs is 4. The molecule has 5 aromatic carbocycles. The zero-order chi connectivity index (χ0) is 33.6. The highest BCUT2D eigenvalue weighted by Crippen LogP contribution is 2.60. The Balaban J connectivity index is 2.02. The van der Waals surface area contributed by atoms with Gasteiger partial charge in [0, 0.05) is 11.1 Å². The highest BCUT2D eigenvalue weighted by atomic mass is 32.3. The Hall–Kier alpha value is -3.04. The normalized spacial score (nSPS) is 13.4. The maximum absolute atomic E-state index is 4.05. The summed E-state index contributed by atoms with van der Waals surface area (Å²) in [5, 5.41) is 21.1. The minimum Gasteiger partial charge on any atom is -0.170 e. The lowest BCUT2D eigenvalue weighted by atomic mass is 9.89. The fourth-order valence-electron chi connectivity index (χ4n) is 8.12. The van der Waals surface area contributed by atoms with Crippen molar-refractivity contribution in [1.82, 2.24) is 0 Å². The van der Waals surface area contributed by atoms with Crippen LogP contribution in [0.1, 0.15) is 94.2 Å². The molecular formula is C44H54S2. The van der Waals surface area contributed by atoms with Crippen molar-refractivity contribution in [3.63, 3.8) is 0 Å². The molecule has 0 saturated heterocycles. The van der Waals surface area contributed by atoms with Crippen molar-refractivity contribution < 1.29 is 0 Å². The molecule has 0 spiro atoms. The molecule has 0 bridgehead atoms. The predicted molar refractivity (Wildman–Crippen MR) is 216 cm³/mol. The van der Waals surface area contributed by atoms with Crippen molar-refractivity contribution >= 4 is 63.1 Å². The van der Waals surface area contributed by atoms with Crippen molar-refractivity contribution in [3.8, 4) is 22.3 Å². The first kappa shape index (κ1) is 34.3. The largest absolute Gasteiger partial charge is 0.170 e. The van der Waals surface area contributed by atoms with E-state index in [1.807, 2.05) is 0 Å². The van der Waals surface area contributed by atoms with Crippen LogP contribution in [0.2, 0.25) is 0 Å². The molecule has 0 aliphatic rings. The van der Waals surface area contributed by atoms with Gasteiger partial charge in [0.1, 0.15) is 0 Å². The summed E-state index contributed by atoms with van der Waals surface area (Å²) in [6.07, 6.45) is 0. The van der Waals surface area contributed by atoms with Crippen LogP contribution in [0.4, 0.5) is 0 Å². The van der Waals surface area contributed by atoms with E-state index in [1.165, 1.54) is 43.1 Å². The molecule has 0 atom stereocenters. The average molecular weight is 647 g/mol. The second-order valence-electron chi connectivity index (χ2n) is 14.5. The molecule has 0 aliphatic heterocycles. The summed E-state index contributed by atoms with van der Waals surface area (Å²) in [4.78, 5) is 0. The SMILES string of the molecule is CC(C)S(C#Cc1c2cc3ccccc3cc2c(C#CS(C(C)C)(C(C)C)C(C)C)c2cc3ccccc3cc12)(C(C)C)C(C)C. The number of hydrogen-bond acceptors (Lipinski definition) is 0. The minimum absolute atomic E-state index is 0.517. The van der Waals surface area contributed by atoms with Gasteiger partial charge in [-0.2, -0.15) is 20.1 Å². The van der Waals surface area contributed by atoms with Crippen molar-refractivity contribution in [2.75, 3.05) is 0 Å². The molecule has 5 aromatic rings. The summed E-state index contributed by atoms with van der Waals surface area (Å²) in [7, 11) is -2.44. The summed E-state index contributed by atoms with van der Waals surface area (Å²) in [5.41, 5.74) is 2.31. The number of hydrogen-bond donors (Lipinski definition) is 0. The van der Waals surface area contributed by atoms with E-state index in [1.54, 1.807) is 0 Å². The monoisotopic (exact) mass is 646 g/mol. The van der Waals surface area contributed by atoms with Crippen LogP contribution in [0.5, 0.6) is 0 Å². The molecule has 0 fully saturated rings. The van der Waals surface area contributed by atoms with Gasteiger partial charge < -0.3 is 0 Å². The lowest BCUT2D eigenvalue weighted by Crippen LogP contribution is -2.27. The maximum atomic E-state index is 4.05. The van der Waals surface area contributed by atoms with Crippen molar-refractivity contribution in [1.29, 1.82) is 0 Å². The van der Waals surface area contributed by atoms with Gasteiger partial charge >= 0.3 is 0 Å². The molecule has 0 amide bonds. The Morgan fingerprint density at radius 1 is 0.370 bits per heavy atom. The Labute approximate surface area is 282 Å². The van der Waals surface area contributed by atoms with Gasteiger partial charge in [0.05, 0.1) is 0 Å². The third kappa shape index (κ3) is 5.72. The highest BCUT2D eigenvalue weighted by Gasteiger charge is 2.34. The van der Waals surface area contributed by atoms with Crippen molar-refractivity contribution in [3.05, 3.63) is 83.9 Å². The Morgan fingerprint density at radius 3 is 0.783 bits per heavy atom. The summed E-state index contributed by atoms with van der Waals surface area (Å²) >= 11 is 0. The molecule has 0 aromatic heterocycles. The number of rotatable bonds is 6. The third-order valence-electron chi connectivity index (χ3n) is 10.2. The Morgan fingerprint density at radius 2 is 0.587 bits per heavy atom. The van der Waals surface area contributed by atoms with Crippen LogP contribution in [0.3, 0.4) is 0 Å². The van der Waals surface area contributed by atoms with E-state index in [4.69, 9.17) is 0 Å². The smallest absolute Gasteiger partial charge is 0.0411 e. The van der Waals surface area contributed by atoms with E-state index >= 15 is 0 Å². The lowest BCUT2D eigenvalue weighted by molar-refractivity contribution is 0.959. The first-order valence-electron chi connectivity index (χ1n) is 17.2. The topological polar surface area (TPSA) is 0 Å². The molecule has 5 rings (SSSR count). The van der Waals surface area contributed by atoms with Crippen LogP contribution in [-0.4, -0.2) is 31.5 Å². The molecule has 0 N–H and O–H groups in total. The van der Waals surface area contributed by atoms with E-state index in [9.17, 15) is 0 Å². The summed E-state index contributed by atoms with van der Waals surface area (Å²) in [6.45, 7) is 28.6. The Bertz CT molecular complexity index is 1750. The second kappa shape index (κ2) is 13.2. The quantitative estimate of drug-likeness (QED) is 0.127. The van der Waals surface area contributed by atoms with E-state index in [2.05, 4.69) is 178 Å². The molecule has 0 unspecified atom stereocenters. The van der Waals surface area contributed by atoms with Crippen LogP contribution >= 0.6 is 20.1 Å². The fraction of sp³-hybridized carbons (Fsp3) is 0.409. The number of benzene rings is 5. The van der Waals surface area contributed by atoms with Crippen LogP contribution in [-0.2, 0) is 0 Å². The summed E-state index contributed by atoms with van der Waals surface area (Å²) in [5.74, 6) is 7.89. The van der Waals surface area contributed by atoms with Crippen molar-refractivity contribution in [2.24, 2.45) is 0 Å². The minimum atomic E-state index is -1.22. The van der Waals surface area contributed by atoms with E-state index in [0.717, 1.165) is 11.1 Å². The van der Waals surface area contributed by atoms with Crippen LogP contribution < -0.4 is 0 Å². The van der Waals surface area contributed by atoms with Gasteiger partial charge in [-0.1, -0.05) is 143 Å². The first-order chi connectivity index (χ1) is 21.7. The fourth-order valence-corrected chi connectivity index (χ4v) is 16.6. The van der Waals surface area contributed by atoms with Crippen LogP contribution in [0.15, 0.2) is 72.8 Å². The lowest BCUT2D eigenvalue weighted by Gasteiger charge is -2.46. The second-order valence-corrected chi connectivity index (χ2v) is 23.6. The molecular weight excluding hydrogens is 593 g/mol. The molecule has 0 aliphatic carbocycles. The van der Waals surface area contributed by atoms with E-state index < -0.39 is 20.1 Å². The van der Waals surface area contributed by atoms with Gasteiger partial charge in [0.25, 0.3) is 0 Å². The zero-order valence-corrected chi connectivity index (χ0v) is 31.8. The van der Waals surface area contributed by atoms with E-state index in [-0.39, 0.29) is 0 Å². The van der Waals surface area contributed by atoms with Crippen LogP contribution in [0.25, 0.3) is 43.1 Å². The average Bonchev–Trinajstić information content (AvgIpc) is 2.99. The summed E-state index contributed by atoms with van der Waals surface area (Å²) in [6, 6.07) is 27.1. The molecule has 0 nitrogen and oxygen atoms in total. The predicted octanol–water partition coefficient (Wildman–Crippen LogP) is 13.0. The molecule has 0 radical (unpaired) electrons. The van der Waals surface area contributed by atoms with Gasteiger partial charge in [0.2, 0.25) is 0 Å². The standard InChI is InChI=1S/C44H54S2/c1-29(2)45(30(3)4,31(5)6)23-21-39-41-25-35-17-13-15-19-37(35)27-43(41)40(22-24-46(32(7)8,33(9)10)34(11)12)44-28-38-20-16-14-18-36(38)26-42(39)44/h13-20,25-34H,1-12H3. The first-order valence-corrected chi connectivity index (χ1v) is 20.9. The van der Waals surface area contributed by atoms with Gasteiger partial charge in [-0.3, -0.25) is 0 Å². The molecule has 46 heavy (non-hydrogen) atoms. The molecule has 242 valence electrons. The molecule has 0 heterocycles. The van der Waals surface area contributed by atoms with Crippen molar-refractivity contribution in [2.45, 2.75) is 115 Å². The zero-order valence-electron chi connectivity index (χ0n) is 30.2. The van der Waals surface area contributed by atoms with Gasteiger partial charge in [0.15, 0.2) is 0 Å². The Kier molecular flexibility index (Phi) is 9.86. The van der Waals surface area contributed by atoms with Gasteiger partial charge in [-0.25, -0.2) is 0 Å². The maximum Gasteiger partial charge on any atom is 0.0411 e. The summed E-state index contributed by atoms with van der Waals surface area (Å²) < 4.78 is 0. The van der Waals surface area contributed by atoms with Crippen LogP contribution in [0, 0.1) is 22.3 Å². The van der Waals surface area contributed by atoms with E-state index in [0.29, 0.717) is 31.5 Å². The highest BCUT2D eigenvalue weighted by molar-refractivity contribution is 8.39. The van der Waals surface area contributed by atoms with Gasteiger partial charge in [-0.15, -0.1) is 0 Å². The van der Waals surface area contributed by atoms with Gasteiger partial charge in [-0.05, 0) is 109 Å². The third-order valence-corrected chi connectivity index (χ3v) is 20.5. The molecule has 0 saturated carbocycles. The molecule has 2 heteroatoms.